The van der Waals surface area contributed by atoms with Gasteiger partial charge in [0, 0.05) is 7.05 Å². The predicted molar refractivity (Wildman–Crippen MR) is 74.8 cm³/mol. The summed E-state index contributed by atoms with van der Waals surface area (Å²) in [7, 11) is 3.43. The Labute approximate surface area is 114 Å². The Morgan fingerprint density at radius 2 is 2.11 bits per heavy atom. The van der Waals surface area contributed by atoms with E-state index in [2.05, 4.69) is 22.2 Å². The standard InChI is InChI=1S/C14H23N3O2/c1-4-10-7-5-6-8-11(10)19-14-12(18-3)13(15-2)16-9-17-14/h9-11H,4-8H2,1-3H3,(H,15,16,17). The lowest BCUT2D eigenvalue weighted by molar-refractivity contribution is 0.0825. The van der Waals surface area contributed by atoms with Crippen LogP contribution in [0, 0.1) is 5.92 Å². The van der Waals surface area contributed by atoms with Crippen LogP contribution in [0.3, 0.4) is 0 Å². The van der Waals surface area contributed by atoms with Crippen LogP contribution >= 0.6 is 0 Å². The molecule has 1 N–H and O–H groups in total. The average molecular weight is 265 g/mol. The van der Waals surface area contributed by atoms with Crippen molar-refractivity contribution in [2.75, 3.05) is 19.5 Å². The van der Waals surface area contributed by atoms with Crippen LogP contribution in [0.1, 0.15) is 39.0 Å². The van der Waals surface area contributed by atoms with Crippen molar-refractivity contribution in [1.82, 2.24) is 9.97 Å². The molecule has 2 rings (SSSR count). The number of methoxy groups -OCH3 is 1. The van der Waals surface area contributed by atoms with E-state index >= 15 is 0 Å². The molecular weight excluding hydrogens is 242 g/mol. The highest BCUT2D eigenvalue weighted by atomic mass is 16.5. The van der Waals surface area contributed by atoms with Gasteiger partial charge in [-0.25, -0.2) is 4.98 Å². The lowest BCUT2D eigenvalue weighted by Gasteiger charge is -2.31. The molecule has 0 aliphatic heterocycles. The molecular formula is C14H23N3O2. The predicted octanol–water partition coefficient (Wildman–Crippen LogP) is 2.87. The number of ether oxygens (including phenoxy) is 2. The molecule has 0 amide bonds. The third-order valence-corrected chi connectivity index (χ3v) is 3.84. The Morgan fingerprint density at radius 3 is 2.79 bits per heavy atom. The van der Waals surface area contributed by atoms with Crippen molar-refractivity contribution in [3.8, 4) is 11.6 Å². The molecule has 2 unspecified atom stereocenters. The van der Waals surface area contributed by atoms with Crippen LogP contribution in [0.15, 0.2) is 6.33 Å². The van der Waals surface area contributed by atoms with Gasteiger partial charge >= 0.3 is 0 Å². The van der Waals surface area contributed by atoms with Gasteiger partial charge in [0.2, 0.25) is 5.75 Å². The van der Waals surface area contributed by atoms with Crippen molar-refractivity contribution in [2.24, 2.45) is 5.92 Å². The lowest BCUT2D eigenvalue weighted by Crippen LogP contribution is -2.30. The van der Waals surface area contributed by atoms with Gasteiger partial charge in [0.15, 0.2) is 5.82 Å². The third-order valence-electron chi connectivity index (χ3n) is 3.84. The van der Waals surface area contributed by atoms with Crippen molar-refractivity contribution in [3.63, 3.8) is 0 Å². The zero-order valence-electron chi connectivity index (χ0n) is 12.0. The summed E-state index contributed by atoms with van der Waals surface area (Å²) in [6, 6.07) is 0. The fourth-order valence-corrected chi connectivity index (χ4v) is 2.74. The van der Waals surface area contributed by atoms with Gasteiger partial charge in [0.05, 0.1) is 7.11 Å². The largest absolute Gasteiger partial charge is 0.489 e. The number of nitrogens with zero attached hydrogens (tertiary/aromatic N) is 2. The maximum Gasteiger partial charge on any atom is 0.262 e. The first-order chi connectivity index (χ1) is 9.30. The quantitative estimate of drug-likeness (QED) is 0.887. The zero-order chi connectivity index (χ0) is 13.7. The monoisotopic (exact) mass is 265 g/mol. The average Bonchev–Trinajstić information content (AvgIpc) is 2.47. The first kappa shape index (κ1) is 13.9. The summed E-state index contributed by atoms with van der Waals surface area (Å²) in [5.74, 6) is 2.42. The third kappa shape index (κ3) is 3.08. The van der Waals surface area contributed by atoms with Gasteiger partial charge in [-0.3, -0.25) is 0 Å². The van der Waals surface area contributed by atoms with E-state index in [0.29, 0.717) is 23.4 Å². The smallest absolute Gasteiger partial charge is 0.262 e. The summed E-state index contributed by atoms with van der Waals surface area (Å²) in [4.78, 5) is 8.36. The number of rotatable bonds is 5. The number of anilines is 1. The Bertz CT molecular complexity index is 412. The van der Waals surface area contributed by atoms with Crippen molar-refractivity contribution < 1.29 is 9.47 Å². The molecule has 0 radical (unpaired) electrons. The highest BCUT2D eigenvalue weighted by Gasteiger charge is 2.27. The molecule has 19 heavy (non-hydrogen) atoms. The van der Waals surface area contributed by atoms with Gasteiger partial charge < -0.3 is 14.8 Å². The summed E-state index contributed by atoms with van der Waals surface area (Å²) < 4.78 is 11.5. The molecule has 2 atom stereocenters. The van der Waals surface area contributed by atoms with Crippen LogP contribution in [-0.2, 0) is 0 Å². The molecule has 5 heteroatoms. The first-order valence-electron chi connectivity index (χ1n) is 7.03. The molecule has 106 valence electrons. The lowest BCUT2D eigenvalue weighted by atomic mass is 9.85. The van der Waals surface area contributed by atoms with Crippen LogP contribution < -0.4 is 14.8 Å². The molecule has 0 aromatic carbocycles. The van der Waals surface area contributed by atoms with Gasteiger partial charge in [-0.2, -0.15) is 4.98 Å². The minimum absolute atomic E-state index is 0.243. The van der Waals surface area contributed by atoms with Crippen LogP contribution in [0.5, 0.6) is 11.6 Å². The van der Waals surface area contributed by atoms with E-state index in [0.717, 1.165) is 12.8 Å². The molecule has 1 aliphatic carbocycles. The number of nitrogens with one attached hydrogen (secondary N) is 1. The maximum atomic E-state index is 6.11. The molecule has 0 spiro atoms. The fraction of sp³-hybridized carbons (Fsp3) is 0.714. The summed E-state index contributed by atoms with van der Waals surface area (Å²) >= 11 is 0. The topological polar surface area (TPSA) is 56.3 Å². The highest BCUT2D eigenvalue weighted by Crippen LogP contribution is 2.35. The molecule has 1 heterocycles. The van der Waals surface area contributed by atoms with E-state index in [9.17, 15) is 0 Å². The van der Waals surface area contributed by atoms with Gasteiger partial charge in [0.1, 0.15) is 12.4 Å². The second kappa shape index (κ2) is 6.59. The number of aromatic nitrogens is 2. The Hall–Kier alpha value is -1.52. The van der Waals surface area contributed by atoms with E-state index < -0.39 is 0 Å². The Kier molecular flexibility index (Phi) is 4.82. The molecule has 1 aromatic heterocycles. The highest BCUT2D eigenvalue weighted by molar-refractivity contribution is 5.54. The van der Waals surface area contributed by atoms with Gasteiger partial charge in [-0.05, 0) is 31.6 Å². The molecule has 1 aromatic rings. The summed E-state index contributed by atoms with van der Waals surface area (Å²) in [6.45, 7) is 2.22. The minimum atomic E-state index is 0.243. The molecule has 5 nitrogen and oxygen atoms in total. The Balaban J connectivity index is 2.17. The van der Waals surface area contributed by atoms with Crippen molar-refractivity contribution in [2.45, 2.75) is 45.1 Å². The summed E-state index contributed by atoms with van der Waals surface area (Å²) in [5, 5.41) is 2.99. The minimum Gasteiger partial charge on any atom is -0.489 e. The molecule has 0 saturated heterocycles. The maximum absolute atomic E-state index is 6.11. The van der Waals surface area contributed by atoms with E-state index in [4.69, 9.17) is 9.47 Å². The molecule has 0 bridgehead atoms. The van der Waals surface area contributed by atoms with Crippen molar-refractivity contribution in [1.29, 1.82) is 0 Å². The Morgan fingerprint density at radius 1 is 1.32 bits per heavy atom. The number of hydrogen-bond donors (Lipinski definition) is 1. The van der Waals surface area contributed by atoms with Crippen LogP contribution in [0.2, 0.25) is 0 Å². The normalized spacial score (nSPS) is 22.9. The summed E-state index contributed by atoms with van der Waals surface area (Å²) in [6.07, 6.45) is 7.78. The van der Waals surface area contributed by atoms with Crippen LogP contribution in [-0.4, -0.2) is 30.2 Å². The first-order valence-corrected chi connectivity index (χ1v) is 7.03. The van der Waals surface area contributed by atoms with Gasteiger partial charge in [-0.1, -0.05) is 13.3 Å². The zero-order valence-corrected chi connectivity index (χ0v) is 12.0. The van der Waals surface area contributed by atoms with Crippen molar-refractivity contribution >= 4 is 5.82 Å². The van der Waals surface area contributed by atoms with Crippen LogP contribution in [0.25, 0.3) is 0 Å². The molecule has 1 saturated carbocycles. The summed E-state index contributed by atoms with van der Waals surface area (Å²) in [5.41, 5.74) is 0. The SMILES string of the molecule is CCC1CCCCC1Oc1ncnc(NC)c1OC. The fourth-order valence-electron chi connectivity index (χ4n) is 2.74. The van der Waals surface area contributed by atoms with Gasteiger partial charge in [-0.15, -0.1) is 0 Å². The molecule has 1 fully saturated rings. The van der Waals surface area contributed by atoms with Crippen molar-refractivity contribution in [3.05, 3.63) is 6.33 Å². The van der Waals surface area contributed by atoms with E-state index in [1.165, 1.54) is 25.6 Å². The molecule has 1 aliphatic rings. The van der Waals surface area contributed by atoms with Gasteiger partial charge in [0.25, 0.3) is 5.88 Å². The number of hydrogen-bond acceptors (Lipinski definition) is 5. The van der Waals surface area contributed by atoms with E-state index in [1.807, 2.05) is 7.05 Å². The van der Waals surface area contributed by atoms with Crippen LogP contribution in [0.4, 0.5) is 5.82 Å². The van der Waals surface area contributed by atoms with E-state index in [1.54, 1.807) is 7.11 Å². The van der Waals surface area contributed by atoms with E-state index in [-0.39, 0.29) is 6.10 Å². The second-order valence-electron chi connectivity index (χ2n) is 4.92. The second-order valence-corrected chi connectivity index (χ2v) is 4.92.